The standard InChI is InChI=1S/C19H31N3O2/c1-4-24-15-14-21-10-12-22(13-11-21)18(19(23)20-16(2)3)17-8-6-5-7-9-17/h5-9,16,18H,4,10-15H2,1-3H3,(H,20,23)/t18-/m0/s1. The van der Waals surface area contributed by atoms with Gasteiger partial charge in [-0.2, -0.15) is 0 Å². The Kier molecular flexibility index (Phi) is 7.69. The highest BCUT2D eigenvalue weighted by Crippen LogP contribution is 2.22. The van der Waals surface area contributed by atoms with E-state index in [1.165, 1.54) is 0 Å². The van der Waals surface area contributed by atoms with Gasteiger partial charge in [0, 0.05) is 45.4 Å². The topological polar surface area (TPSA) is 44.8 Å². The molecule has 2 rings (SSSR count). The van der Waals surface area contributed by atoms with Crippen LogP contribution >= 0.6 is 0 Å². The van der Waals surface area contributed by atoms with Gasteiger partial charge in [0.25, 0.3) is 0 Å². The number of rotatable bonds is 8. The summed E-state index contributed by atoms with van der Waals surface area (Å²) in [5, 5.41) is 3.08. The molecule has 1 aliphatic rings. The van der Waals surface area contributed by atoms with E-state index in [0.717, 1.165) is 51.5 Å². The Hall–Kier alpha value is -1.43. The predicted molar refractivity (Wildman–Crippen MR) is 97.0 cm³/mol. The lowest BCUT2D eigenvalue weighted by atomic mass is 10.0. The first-order valence-electron chi connectivity index (χ1n) is 9.01. The lowest BCUT2D eigenvalue weighted by Crippen LogP contribution is -2.52. The third kappa shape index (κ3) is 5.58. The summed E-state index contributed by atoms with van der Waals surface area (Å²) >= 11 is 0. The Morgan fingerprint density at radius 2 is 1.83 bits per heavy atom. The van der Waals surface area contributed by atoms with E-state index < -0.39 is 0 Å². The highest BCUT2D eigenvalue weighted by Gasteiger charge is 2.30. The fraction of sp³-hybridized carbons (Fsp3) is 0.632. The Bertz CT molecular complexity index is 485. The normalized spacial score (nSPS) is 17.8. The highest BCUT2D eigenvalue weighted by atomic mass is 16.5. The van der Waals surface area contributed by atoms with Crippen molar-refractivity contribution in [3.05, 3.63) is 35.9 Å². The van der Waals surface area contributed by atoms with Crippen molar-refractivity contribution >= 4 is 5.91 Å². The van der Waals surface area contributed by atoms with E-state index >= 15 is 0 Å². The van der Waals surface area contributed by atoms with E-state index in [1.807, 2.05) is 51.1 Å². The third-order valence-electron chi connectivity index (χ3n) is 4.32. The minimum absolute atomic E-state index is 0.0963. The van der Waals surface area contributed by atoms with Crippen LogP contribution in [0.4, 0.5) is 0 Å². The van der Waals surface area contributed by atoms with Crippen molar-refractivity contribution in [1.82, 2.24) is 15.1 Å². The number of benzene rings is 1. The smallest absolute Gasteiger partial charge is 0.242 e. The summed E-state index contributed by atoms with van der Waals surface area (Å²) in [6.07, 6.45) is 0. The Balaban J connectivity index is 1.99. The molecule has 1 saturated heterocycles. The summed E-state index contributed by atoms with van der Waals surface area (Å²) in [7, 11) is 0. The second-order valence-electron chi connectivity index (χ2n) is 6.55. The fourth-order valence-electron chi connectivity index (χ4n) is 3.11. The Morgan fingerprint density at radius 3 is 2.42 bits per heavy atom. The lowest BCUT2D eigenvalue weighted by molar-refractivity contribution is -0.128. The van der Waals surface area contributed by atoms with Crippen LogP contribution in [-0.2, 0) is 9.53 Å². The van der Waals surface area contributed by atoms with E-state index in [4.69, 9.17) is 4.74 Å². The molecule has 1 aromatic carbocycles. The molecule has 0 radical (unpaired) electrons. The van der Waals surface area contributed by atoms with Gasteiger partial charge in [0.1, 0.15) is 6.04 Å². The molecular weight excluding hydrogens is 302 g/mol. The molecule has 5 nitrogen and oxygen atoms in total. The van der Waals surface area contributed by atoms with E-state index in [-0.39, 0.29) is 18.0 Å². The molecule has 0 spiro atoms. The maximum atomic E-state index is 12.8. The van der Waals surface area contributed by atoms with E-state index in [0.29, 0.717) is 0 Å². The van der Waals surface area contributed by atoms with Gasteiger partial charge in [-0.1, -0.05) is 30.3 Å². The van der Waals surface area contributed by atoms with Crippen molar-refractivity contribution in [2.24, 2.45) is 0 Å². The second-order valence-corrected chi connectivity index (χ2v) is 6.55. The number of hydrogen-bond donors (Lipinski definition) is 1. The van der Waals surface area contributed by atoms with Gasteiger partial charge < -0.3 is 10.1 Å². The molecule has 1 atom stereocenters. The van der Waals surface area contributed by atoms with Crippen LogP contribution in [0, 0.1) is 0 Å². The molecule has 0 aliphatic carbocycles. The van der Waals surface area contributed by atoms with Crippen molar-refractivity contribution in [2.75, 3.05) is 45.9 Å². The largest absolute Gasteiger partial charge is 0.380 e. The van der Waals surface area contributed by atoms with Crippen LogP contribution in [0.3, 0.4) is 0 Å². The van der Waals surface area contributed by atoms with E-state index in [9.17, 15) is 4.79 Å². The van der Waals surface area contributed by atoms with Crippen LogP contribution in [0.25, 0.3) is 0 Å². The molecule has 1 N–H and O–H groups in total. The van der Waals surface area contributed by atoms with Crippen molar-refractivity contribution in [2.45, 2.75) is 32.9 Å². The number of piperazine rings is 1. The molecular formula is C19H31N3O2. The molecule has 0 unspecified atom stereocenters. The minimum Gasteiger partial charge on any atom is -0.380 e. The SMILES string of the molecule is CCOCCN1CCN([C@H](C(=O)NC(C)C)c2ccccc2)CC1. The van der Waals surface area contributed by atoms with Crippen molar-refractivity contribution < 1.29 is 9.53 Å². The summed E-state index contributed by atoms with van der Waals surface area (Å²) in [5.74, 6) is 0.0963. The molecule has 1 aliphatic heterocycles. The molecule has 0 saturated carbocycles. The van der Waals surface area contributed by atoms with Crippen LogP contribution in [-0.4, -0.2) is 67.7 Å². The van der Waals surface area contributed by atoms with Gasteiger partial charge in [-0.15, -0.1) is 0 Å². The van der Waals surface area contributed by atoms with Crippen LogP contribution in [0.1, 0.15) is 32.4 Å². The minimum atomic E-state index is -0.206. The number of carbonyl (C=O) groups excluding carboxylic acids is 1. The quantitative estimate of drug-likeness (QED) is 0.738. The number of ether oxygens (including phenoxy) is 1. The zero-order chi connectivity index (χ0) is 17.4. The van der Waals surface area contributed by atoms with E-state index in [2.05, 4.69) is 15.1 Å². The zero-order valence-electron chi connectivity index (χ0n) is 15.2. The maximum absolute atomic E-state index is 12.8. The van der Waals surface area contributed by atoms with Crippen LogP contribution in [0.15, 0.2) is 30.3 Å². The summed E-state index contributed by atoms with van der Waals surface area (Å²) < 4.78 is 5.44. The lowest BCUT2D eigenvalue weighted by Gasteiger charge is -2.39. The Labute approximate surface area is 146 Å². The fourth-order valence-corrected chi connectivity index (χ4v) is 3.11. The number of nitrogens with zero attached hydrogens (tertiary/aromatic N) is 2. The molecule has 1 aromatic rings. The predicted octanol–water partition coefficient (Wildman–Crippen LogP) is 1.91. The molecule has 1 heterocycles. The van der Waals surface area contributed by atoms with Gasteiger partial charge in [-0.25, -0.2) is 0 Å². The second kappa shape index (κ2) is 9.77. The van der Waals surface area contributed by atoms with Gasteiger partial charge in [-0.05, 0) is 26.3 Å². The molecule has 134 valence electrons. The van der Waals surface area contributed by atoms with Crippen LogP contribution < -0.4 is 5.32 Å². The van der Waals surface area contributed by atoms with Gasteiger partial charge in [0.05, 0.1) is 6.61 Å². The first kappa shape index (κ1) is 18.9. The molecule has 5 heteroatoms. The third-order valence-corrected chi connectivity index (χ3v) is 4.32. The van der Waals surface area contributed by atoms with Gasteiger partial charge in [-0.3, -0.25) is 14.6 Å². The summed E-state index contributed by atoms with van der Waals surface area (Å²) in [5.41, 5.74) is 1.07. The van der Waals surface area contributed by atoms with Gasteiger partial charge in [0.15, 0.2) is 0 Å². The maximum Gasteiger partial charge on any atom is 0.242 e. The summed E-state index contributed by atoms with van der Waals surface area (Å²) in [4.78, 5) is 17.5. The Morgan fingerprint density at radius 1 is 1.17 bits per heavy atom. The van der Waals surface area contributed by atoms with Crippen molar-refractivity contribution in [3.8, 4) is 0 Å². The number of carbonyl (C=O) groups is 1. The zero-order valence-corrected chi connectivity index (χ0v) is 15.2. The van der Waals surface area contributed by atoms with E-state index in [1.54, 1.807) is 0 Å². The molecule has 1 fully saturated rings. The summed E-state index contributed by atoms with van der Waals surface area (Å²) in [6, 6.07) is 10.0. The van der Waals surface area contributed by atoms with Crippen molar-refractivity contribution in [1.29, 1.82) is 0 Å². The average Bonchev–Trinajstić information content (AvgIpc) is 2.57. The molecule has 0 aromatic heterocycles. The number of amides is 1. The van der Waals surface area contributed by atoms with Crippen molar-refractivity contribution in [3.63, 3.8) is 0 Å². The number of hydrogen-bond acceptors (Lipinski definition) is 4. The van der Waals surface area contributed by atoms with Crippen LogP contribution in [0.5, 0.6) is 0 Å². The molecule has 24 heavy (non-hydrogen) atoms. The van der Waals surface area contributed by atoms with Crippen LogP contribution in [0.2, 0.25) is 0 Å². The first-order valence-corrected chi connectivity index (χ1v) is 9.01. The summed E-state index contributed by atoms with van der Waals surface area (Å²) in [6.45, 7) is 12.3. The highest BCUT2D eigenvalue weighted by molar-refractivity contribution is 5.83. The molecule has 1 amide bonds. The average molecular weight is 333 g/mol. The first-order chi connectivity index (χ1) is 11.6. The molecule has 0 bridgehead atoms. The van der Waals surface area contributed by atoms with Gasteiger partial charge >= 0.3 is 0 Å². The van der Waals surface area contributed by atoms with Gasteiger partial charge in [0.2, 0.25) is 5.91 Å². The number of nitrogens with one attached hydrogen (secondary N) is 1. The monoisotopic (exact) mass is 333 g/mol.